The Morgan fingerprint density at radius 3 is 3.14 bits per heavy atom. The van der Waals surface area contributed by atoms with Crippen molar-refractivity contribution < 1.29 is 9.84 Å². The molecule has 3 heterocycles. The van der Waals surface area contributed by atoms with Crippen LogP contribution in [0.15, 0.2) is 23.8 Å². The second-order valence-electron chi connectivity index (χ2n) is 5.33. The highest BCUT2D eigenvalue weighted by Gasteiger charge is 2.25. The molecule has 2 aromatic rings. The maximum atomic E-state index is 10.2. The van der Waals surface area contributed by atoms with Crippen LogP contribution in [0.5, 0.6) is 0 Å². The Kier molecular flexibility index (Phi) is 4.64. The lowest BCUT2D eigenvalue weighted by Crippen LogP contribution is -2.43. The smallest absolute Gasteiger partial charge is 0.123 e. The van der Waals surface area contributed by atoms with E-state index in [2.05, 4.69) is 15.0 Å². The molecule has 0 aliphatic carbocycles. The molecule has 3 rings (SSSR count). The monoisotopic (exact) mass is 308 g/mol. The highest BCUT2D eigenvalue weighted by Crippen LogP contribution is 2.25. The van der Waals surface area contributed by atoms with Crippen LogP contribution in [0.1, 0.15) is 16.8 Å². The molecule has 0 saturated carbocycles. The fourth-order valence-electron chi connectivity index (χ4n) is 2.52. The lowest BCUT2D eigenvalue weighted by molar-refractivity contribution is -0.0438. The Bertz CT molecular complexity index is 557. The summed E-state index contributed by atoms with van der Waals surface area (Å²) in [6, 6.07) is 1.86. The third-order valence-electron chi connectivity index (χ3n) is 3.49. The molecule has 6 nitrogen and oxygen atoms in total. The number of rotatable bonds is 5. The number of β-amino-alcohol motifs (C(OH)–C–C–N with tert-alkyl or cyclic N) is 1. The van der Waals surface area contributed by atoms with Crippen molar-refractivity contribution in [1.29, 1.82) is 0 Å². The molecule has 21 heavy (non-hydrogen) atoms. The third kappa shape index (κ3) is 3.88. The van der Waals surface area contributed by atoms with E-state index in [1.165, 1.54) is 0 Å². The number of morpholine rings is 1. The van der Waals surface area contributed by atoms with E-state index in [4.69, 9.17) is 4.74 Å². The highest BCUT2D eigenvalue weighted by atomic mass is 32.1. The van der Waals surface area contributed by atoms with Gasteiger partial charge in [0.2, 0.25) is 0 Å². The molecule has 0 unspecified atom stereocenters. The van der Waals surface area contributed by atoms with Crippen molar-refractivity contribution in [1.82, 2.24) is 19.7 Å². The Morgan fingerprint density at radius 2 is 2.43 bits per heavy atom. The number of hydrogen-bond acceptors (Lipinski definition) is 6. The number of aryl methyl sites for hydroxylation is 1. The number of thiazole rings is 1. The summed E-state index contributed by atoms with van der Waals surface area (Å²) in [5.41, 5.74) is 1.04. The molecule has 114 valence electrons. The summed E-state index contributed by atoms with van der Waals surface area (Å²) in [6.07, 6.45) is 3.18. The Balaban J connectivity index is 1.53. The van der Waals surface area contributed by atoms with Crippen LogP contribution in [0.2, 0.25) is 0 Å². The molecule has 2 atom stereocenters. The van der Waals surface area contributed by atoms with E-state index in [9.17, 15) is 5.11 Å². The van der Waals surface area contributed by atoms with Gasteiger partial charge in [-0.1, -0.05) is 0 Å². The molecule has 0 bridgehead atoms. The second kappa shape index (κ2) is 6.65. The van der Waals surface area contributed by atoms with Crippen LogP contribution >= 0.6 is 11.3 Å². The number of ether oxygens (including phenoxy) is 1. The first-order valence-electron chi connectivity index (χ1n) is 7.12. The lowest BCUT2D eigenvalue weighted by atomic mass is 10.2. The van der Waals surface area contributed by atoms with Crippen LogP contribution in [0.3, 0.4) is 0 Å². The van der Waals surface area contributed by atoms with Gasteiger partial charge < -0.3 is 9.84 Å². The SMILES string of the molecule is Cc1csc([C@@H]2CN(C[C@@H](O)Cn3cccn3)CCO2)n1. The van der Waals surface area contributed by atoms with Gasteiger partial charge in [-0.2, -0.15) is 5.10 Å². The molecule has 0 amide bonds. The van der Waals surface area contributed by atoms with Crippen molar-refractivity contribution in [3.63, 3.8) is 0 Å². The average molecular weight is 308 g/mol. The van der Waals surface area contributed by atoms with E-state index >= 15 is 0 Å². The normalized spacial score (nSPS) is 21.5. The number of aliphatic hydroxyl groups is 1. The van der Waals surface area contributed by atoms with Crippen molar-refractivity contribution in [3.8, 4) is 0 Å². The maximum absolute atomic E-state index is 10.2. The quantitative estimate of drug-likeness (QED) is 0.895. The van der Waals surface area contributed by atoms with Gasteiger partial charge in [-0.05, 0) is 13.0 Å². The van der Waals surface area contributed by atoms with Crippen molar-refractivity contribution in [2.45, 2.75) is 25.7 Å². The van der Waals surface area contributed by atoms with Gasteiger partial charge in [-0.25, -0.2) is 4.98 Å². The zero-order valence-electron chi connectivity index (χ0n) is 12.1. The summed E-state index contributed by atoms with van der Waals surface area (Å²) < 4.78 is 7.56. The van der Waals surface area contributed by atoms with Crippen molar-refractivity contribution in [2.75, 3.05) is 26.2 Å². The van der Waals surface area contributed by atoms with Crippen LogP contribution in [-0.4, -0.2) is 57.1 Å². The minimum atomic E-state index is -0.429. The van der Waals surface area contributed by atoms with Crippen molar-refractivity contribution >= 4 is 11.3 Å². The van der Waals surface area contributed by atoms with Crippen LogP contribution in [0.25, 0.3) is 0 Å². The molecule has 1 fully saturated rings. The first-order chi connectivity index (χ1) is 10.2. The van der Waals surface area contributed by atoms with Crippen LogP contribution < -0.4 is 0 Å². The first-order valence-corrected chi connectivity index (χ1v) is 8.00. The Hall–Kier alpha value is -1.28. The highest BCUT2D eigenvalue weighted by molar-refractivity contribution is 7.09. The van der Waals surface area contributed by atoms with Crippen molar-refractivity contribution in [2.24, 2.45) is 0 Å². The lowest BCUT2D eigenvalue weighted by Gasteiger charge is -2.33. The molecule has 0 radical (unpaired) electrons. The topological polar surface area (TPSA) is 63.4 Å². The average Bonchev–Trinajstić information content (AvgIpc) is 3.10. The third-order valence-corrected chi connectivity index (χ3v) is 4.54. The summed E-state index contributed by atoms with van der Waals surface area (Å²) in [4.78, 5) is 6.73. The molecule has 1 aliphatic rings. The first kappa shape index (κ1) is 14.6. The largest absolute Gasteiger partial charge is 0.390 e. The predicted molar refractivity (Wildman–Crippen MR) is 80.2 cm³/mol. The maximum Gasteiger partial charge on any atom is 0.123 e. The second-order valence-corrected chi connectivity index (χ2v) is 6.22. The van der Waals surface area contributed by atoms with E-state index in [0.29, 0.717) is 19.7 Å². The Labute approximate surface area is 128 Å². The number of hydrogen-bond donors (Lipinski definition) is 1. The summed E-state index contributed by atoms with van der Waals surface area (Å²) in [5, 5.41) is 17.4. The van der Waals surface area contributed by atoms with Crippen LogP contribution in [-0.2, 0) is 11.3 Å². The Morgan fingerprint density at radius 1 is 1.52 bits per heavy atom. The molecule has 2 aromatic heterocycles. The van der Waals surface area contributed by atoms with Gasteiger partial charge in [0.1, 0.15) is 11.1 Å². The number of aliphatic hydroxyl groups excluding tert-OH is 1. The molecular weight excluding hydrogens is 288 g/mol. The van der Waals surface area contributed by atoms with E-state index < -0.39 is 6.10 Å². The molecule has 7 heteroatoms. The predicted octanol–water partition coefficient (Wildman–Crippen LogP) is 1.08. The fraction of sp³-hybridized carbons (Fsp3) is 0.571. The van der Waals surface area contributed by atoms with E-state index in [1.807, 2.05) is 24.6 Å². The van der Waals surface area contributed by atoms with E-state index in [0.717, 1.165) is 23.8 Å². The van der Waals surface area contributed by atoms with Gasteiger partial charge in [0.05, 0.1) is 19.3 Å². The minimum absolute atomic E-state index is 0.0225. The molecule has 1 N–H and O–H groups in total. The molecule has 0 spiro atoms. The van der Waals surface area contributed by atoms with Gasteiger partial charge in [-0.15, -0.1) is 11.3 Å². The van der Waals surface area contributed by atoms with Gasteiger partial charge >= 0.3 is 0 Å². The zero-order chi connectivity index (χ0) is 14.7. The summed E-state index contributed by atoms with van der Waals surface area (Å²) in [5.74, 6) is 0. The molecular formula is C14H20N4O2S. The van der Waals surface area contributed by atoms with Gasteiger partial charge in [0, 0.05) is 43.1 Å². The number of aromatic nitrogens is 3. The molecule has 1 aliphatic heterocycles. The summed E-state index contributed by atoms with van der Waals surface area (Å²) in [6.45, 7) is 5.45. The minimum Gasteiger partial charge on any atom is -0.390 e. The standard InChI is InChI=1S/C14H20N4O2S/c1-11-10-21-14(16-11)13-9-17(5-6-20-13)7-12(19)8-18-4-2-3-15-18/h2-4,10,12-13,19H,5-9H2,1H3/t12-,13+/m1/s1. The van der Waals surface area contributed by atoms with Crippen LogP contribution in [0, 0.1) is 6.92 Å². The van der Waals surface area contributed by atoms with Gasteiger partial charge in [0.25, 0.3) is 0 Å². The van der Waals surface area contributed by atoms with E-state index in [-0.39, 0.29) is 6.10 Å². The van der Waals surface area contributed by atoms with Crippen molar-refractivity contribution in [3.05, 3.63) is 34.5 Å². The molecule has 1 saturated heterocycles. The van der Waals surface area contributed by atoms with Gasteiger partial charge in [-0.3, -0.25) is 9.58 Å². The summed E-state index contributed by atoms with van der Waals surface area (Å²) >= 11 is 1.64. The zero-order valence-corrected chi connectivity index (χ0v) is 12.9. The van der Waals surface area contributed by atoms with E-state index in [1.54, 1.807) is 22.2 Å². The molecule has 0 aromatic carbocycles. The number of nitrogens with zero attached hydrogens (tertiary/aromatic N) is 4. The van der Waals surface area contributed by atoms with Crippen LogP contribution in [0.4, 0.5) is 0 Å². The summed E-state index contributed by atoms with van der Waals surface area (Å²) in [7, 11) is 0. The van der Waals surface area contributed by atoms with Gasteiger partial charge in [0.15, 0.2) is 0 Å². The fourth-order valence-corrected chi connectivity index (χ4v) is 3.35.